The summed E-state index contributed by atoms with van der Waals surface area (Å²) in [5.74, 6) is 1.83. The van der Waals surface area contributed by atoms with E-state index in [1.807, 2.05) is 18.0 Å². The molecule has 7 nitrogen and oxygen atoms in total. The average molecular weight is 395 g/mol. The predicted octanol–water partition coefficient (Wildman–Crippen LogP) is 3.86. The van der Waals surface area contributed by atoms with E-state index in [4.69, 9.17) is 4.42 Å². The van der Waals surface area contributed by atoms with Crippen LogP contribution in [0.1, 0.15) is 25.7 Å². The number of hydrogen-bond acceptors (Lipinski definition) is 7. The molecule has 2 heterocycles. The topological polar surface area (TPSA) is 88.2 Å². The zero-order valence-electron chi connectivity index (χ0n) is 16.1. The third-order valence-electron chi connectivity index (χ3n) is 6.36. The Labute approximate surface area is 167 Å². The fraction of sp³-hybridized carbons (Fsp3) is 0.429. The molecule has 150 valence electrons. The Balaban J connectivity index is 1.36. The van der Waals surface area contributed by atoms with E-state index in [9.17, 15) is 9.50 Å². The highest BCUT2D eigenvalue weighted by Crippen LogP contribution is 2.45. The van der Waals surface area contributed by atoms with E-state index in [2.05, 4.69) is 20.4 Å². The lowest BCUT2D eigenvalue weighted by Gasteiger charge is -2.38. The van der Waals surface area contributed by atoms with Crippen molar-refractivity contribution < 1.29 is 13.9 Å². The highest BCUT2D eigenvalue weighted by atomic mass is 19.1. The average Bonchev–Trinajstić information content (AvgIpc) is 3.41. The minimum Gasteiger partial charge on any atom is -0.507 e. The Hall–Kier alpha value is -3.03. The molecule has 0 amide bonds. The van der Waals surface area contributed by atoms with Crippen molar-refractivity contribution in [3.8, 4) is 28.5 Å². The minimum absolute atomic E-state index is 0.0452. The van der Waals surface area contributed by atoms with Gasteiger partial charge in [-0.15, -0.1) is 20.4 Å². The quantitative estimate of drug-likeness (QED) is 0.717. The Morgan fingerprint density at radius 3 is 2.72 bits per heavy atom. The van der Waals surface area contributed by atoms with Crippen molar-refractivity contribution in [2.24, 2.45) is 11.8 Å². The van der Waals surface area contributed by atoms with Gasteiger partial charge in [0, 0.05) is 18.2 Å². The van der Waals surface area contributed by atoms with Crippen LogP contribution in [-0.2, 0) is 0 Å². The molecule has 2 fully saturated rings. The molecule has 0 unspecified atom stereocenters. The van der Waals surface area contributed by atoms with Crippen LogP contribution in [0.3, 0.4) is 0 Å². The monoisotopic (exact) mass is 395 g/mol. The molecule has 1 N–H and O–H groups in total. The fourth-order valence-electron chi connectivity index (χ4n) is 4.78. The molecule has 4 atom stereocenters. The number of benzene rings is 1. The largest absolute Gasteiger partial charge is 0.507 e. The number of rotatable bonds is 4. The van der Waals surface area contributed by atoms with Crippen LogP contribution >= 0.6 is 0 Å². The van der Waals surface area contributed by atoms with Gasteiger partial charge in [0.05, 0.1) is 11.7 Å². The second-order valence-corrected chi connectivity index (χ2v) is 8.05. The molecule has 5 rings (SSSR count). The van der Waals surface area contributed by atoms with Gasteiger partial charge >= 0.3 is 0 Å². The van der Waals surface area contributed by atoms with Gasteiger partial charge in [-0.1, -0.05) is 0 Å². The molecule has 3 aromatic rings. The lowest BCUT2D eigenvalue weighted by molar-refractivity contribution is 0.144. The van der Waals surface area contributed by atoms with Crippen molar-refractivity contribution in [1.82, 2.24) is 20.4 Å². The first kappa shape index (κ1) is 18.0. The summed E-state index contributed by atoms with van der Waals surface area (Å²) in [5.41, 5.74) is 1.71. The highest BCUT2D eigenvalue weighted by molar-refractivity contribution is 5.71. The van der Waals surface area contributed by atoms with Gasteiger partial charge in [0.25, 0.3) is 0 Å². The number of nitrogens with zero attached hydrogens (tertiary/aromatic N) is 5. The number of fused-ring (bicyclic) bond motifs is 2. The number of aromatic hydroxyl groups is 1. The third kappa shape index (κ3) is 3.22. The van der Waals surface area contributed by atoms with Gasteiger partial charge in [0.2, 0.25) is 12.3 Å². The van der Waals surface area contributed by atoms with Crippen molar-refractivity contribution in [2.75, 3.05) is 11.9 Å². The standard InChI is InChI=1S/C21H22FN5O2/c1-27(17-9-12-2-3-13(8-12)20(17)22)19-7-6-16(24-25-19)15-5-4-14(10-18(15)28)21-26-23-11-29-21/h4-7,10-13,17,20,28H,2-3,8-9H2,1H3/t12-,13+,17+,20-/m1/s1. The van der Waals surface area contributed by atoms with Gasteiger partial charge in [0.15, 0.2) is 5.82 Å². The van der Waals surface area contributed by atoms with Gasteiger partial charge in [-0.3, -0.25) is 0 Å². The van der Waals surface area contributed by atoms with Crippen molar-refractivity contribution in [3.63, 3.8) is 0 Å². The number of phenolic OH excluding ortho intramolecular Hbond substituents is 1. The van der Waals surface area contributed by atoms with Gasteiger partial charge < -0.3 is 14.4 Å². The van der Waals surface area contributed by atoms with Crippen LogP contribution in [-0.4, -0.2) is 44.8 Å². The molecule has 2 aromatic heterocycles. The number of hydrogen-bond donors (Lipinski definition) is 1. The van der Waals surface area contributed by atoms with E-state index in [-0.39, 0.29) is 17.7 Å². The molecule has 1 aromatic carbocycles. The van der Waals surface area contributed by atoms with Crippen molar-refractivity contribution >= 4 is 5.82 Å². The molecule has 0 aliphatic heterocycles. The SMILES string of the molecule is CN(c1ccc(-c2ccc(-c3nnco3)cc2O)nn1)[C@H]1C[C@@H]2CC[C@@H](C2)[C@H]1F. The summed E-state index contributed by atoms with van der Waals surface area (Å²) in [5, 5.41) is 26.5. The second-order valence-electron chi connectivity index (χ2n) is 8.05. The second kappa shape index (κ2) is 7.09. The van der Waals surface area contributed by atoms with Crippen LogP contribution in [0.15, 0.2) is 41.1 Å². The maximum Gasteiger partial charge on any atom is 0.247 e. The van der Waals surface area contributed by atoms with Crippen LogP contribution < -0.4 is 4.90 Å². The van der Waals surface area contributed by atoms with E-state index in [1.165, 1.54) is 6.39 Å². The third-order valence-corrected chi connectivity index (χ3v) is 6.36. The lowest BCUT2D eigenvalue weighted by Crippen LogP contribution is -2.46. The van der Waals surface area contributed by atoms with Crippen molar-refractivity contribution in [3.05, 3.63) is 36.7 Å². The van der Waals surface area contributed by atoms with E-state index in [0.717, 1.165) is 25.7 Å². The van der Waals surface area contributed by atoms with E-state index in [1.54, 1.807) is 24.3 Å². The molecule has 8 heteroatoms. The molecule has 0 spiro atoms. The Morgan fingerprint density at radius 2 is 2.00 bits per heavy atom. The Kier molecular flexibility index (Phi) is 4.41. The van der Waals surface area contributed by atoms with Crippen LogP contribution in [0.2, 0.25) is 0 Å². The number of phenols is 1. The predicted molar refractivity (Wildman–Crippen MR) is 105 cm³/mol. The zero-order chi connectivity index (χ0) is 20.0. The molecule has 0 radical (unpaired) electrons. The molecule has 2 saturated carbocycles. The number of alkyl halides is 1. The van der Waals surface area contributed by atoms with Crippen LogP contribution in [0, 0.1) is 11.8 Å². The smallest absolute Gasteiger partial charge is 0.247 e. The maximum absolute atomic E-state index is 14.9. The van der Waals surface area contributed by atoms with E-state index >= 15 is 0 Å². The molecule has 0 saturated heterocycles. The number of aromatic nitrogens is 4. The lowest BCUT2D eigenvalue weighted by atomic mass is 9.83. The van der Waals surface area contributed by atoms with E-state index in [0.29, 0.717) is 34.4 Å². The Bertz CT molecular complexity index is 995. The van der Waals surface area contributed by atoms with Gasteiger partial charge in [-0.25, -0.2) is 4.39 Å². The summed E-state index contributed by atoms with van der Waals surface area (Å²) >= 11 is 0. The summed E-state index contributed by atoms with van der Waals surface area (Å²) < 4.78 is 20.0. The molecular weight excluding hydrogens is 373 g/mol. The zero-order valence-corrected chi connectivity index (χ0v) is 16.1. The van der Waals surface area contributed by atoms with Gasteiger partial charge in [-0.2, -0.15) is 0 Å². The van der Waals surface area contributed by atoms with Gasteiger partial charge in [-0.05, 0) is 67.9 Å². The minimum atomic E-state index is -0.818. The summed E-state index contributed by atoms with van der Waals surface area (Å²) in [6.45, 7) is 0. The summed E-state index contributed by atoms with van der Waals surface area (Å²) in [4.78, 5) is 1.92. The van der Waals surface area contributed by atoms with Crippen LogP contribution in [0.25, 0.3) is 22.7 Å². The number of halogens is 1. The summed E-state index contributed by atoms with van der Waals surface area (Å²) in [7, 11) is 1.89. The van der Waals surface area contributed by atoms with Crippen LogP contribution in [0.5, 0.6) is 5.75 Å². The first-order valence-corrected chi connectivity index (χ1v) is 9.90. The summed E-state index contributed by atoms with van der Waals surface area (Å²) in [6, 6.07) is 8.54. The van der Waals surface area contributed by atoms with E-state index < -0.39 is 6.17 Å². The molecular formula is C21H22FN5O2. The summed E-state index contributed by atoms with van der Waals surface area (Å²) in [6.07, 6.45) is 4.45. The highest BCUT2D eigenvalue weighted by Gasteiger charge is 2.44. The van der Waals surface area contributed by atoms with Crippen molar-refractivity contribution in [1.29, 1.82) is 0 Å². The molecule has 2 bridgehead atoms. The fourth-order valence-corrected chi connectivity index (χ4v) is 4.78. The molecule has 29 heavy (non-hydrogen) atoms. The number of anilines is 1. The van der Waals surface area contributed by atoms with Crippen molar-refractivity contribution in [2.45, 2.75) is 37.9 Å². The Morgan fingerprint density at radius 1 is 1.10 bits per heavy atom. The maximum atomic E-state index is 14.9. The normalized spacial score (nSPS) is 25.9. The first-order valence-electron chi connectivity index (χ1n) is 9.90. The molecule has 2 aliphatic carbocycles. The van der Waals surface area contributed by atoms with Gasteiger partial charge in [0.1, 0.15) is 11.9 Å². The molecule has 2 aliphatic rings. The van der Waals surface area contributed by atoms with Crippen LogP contribution in [0.4, 0.5) is 10.2 Å². The first-order chi connectivity index (χ1) is 14.1.